The van der Waals surface area contributed by atoms with Crippen molar-refractivity contribution in [3.8, 4) is 0 Å². The van der Waals surface area contributed by atoms with Crippen molar-refractivity contribution in [2.24, 2.45) is 0 Å². The molecule has 0 aliphatic carbocycles. The lowest BCUT2D eigenvalue weighted by atomic mass is 10.3. The lowest BCUT2D eigenvalue weighted by Gasteiger charge is -2.16. The van der Waals surface area contributed by atoms with E-state index < -0.39 is 16.1 Å². The van der Waals surface area contributed by atoms with E-state index in [4.69, 9.17) is 21.1 Å². The van der Waals surface area contributed by atoms with E-state index in [0.29, 0.717) is 17.3 Å². The second-order valence-corrected chi connectivity index (χ2v) is 6.12. The van der Waals surface area contributed by atoms with E-state index in [2.05, 4.69) is 5.32 Å². The molecule has 1 rings (SSSR count). The monoisotopic (exact) mass is 293 g/mol. The Morgan fingerprint density at radius 3 is 2.44 bits per heavy atom. The maximum absolute atomic E-state index is 11.4. The van der Waals surface area contributed by atoms with E-state index >= 15 is 0 Å². The number of anilines is 1. The van der Waals surface area contributed by atoms with Gasteiger partial charge in [0.25, 0.3) is 0 Å². The summed E-state index contributed by atoms with van der Waals surface area (Å²) in [5.74, 6) is 0. The summed E-state index contributed by atoms with van der Waals surface area (Å²) in [7, 11) is -0.216. The highest BCUT2D eigenvalue weighted by molar-refractivity contribution is 7.90. The Hall–Kier alpha value is -0.820. The fraction of sp³-hybridized carbons (Fsp3) is 0.455. The number of methoxy groups -OCH3 is 2. The minimum absolute atomic E-state index is 0.209. The number of sulfone groups is 1. The van der Waals surface area contributed by atoms with Crippen LogP contribution >= 0.6 is 11.6 Å². The summed E-state index contributed by atoms with van der Waals surface area (Å²) in [5, 5.41) is 3.42. The van der Waals surface area contributed by atoms with E-state index in [1.165, 1.54) is 32.4 Å². The first-order chi connectivity index (χ1) is 8.38. The van der Waals surface area contributed by atoms with Gasteiger partial charge in [-0.1, -0.05) is 11.6 Å². The third-order valence-corrected chi connectivity index (χ3v) is 3.79. The Labute approximate surface area is 112 Å². The topological polar surface area (TPSA) is 64.6 Å². The number of benzene rings is 1. The Kier molecular flexibility index (Phi) is 5.40. The van der Waals surface area contributed by atoms with Crippen LogP contribution in [0.1, 0.15) is 0 Å². The maximum Gasteiger partial charge on any atom is 0.175 e. The molecule has 0 aromatic heterocycles. The minimum atomic E-state index is -3.25. The maximum atomic E-state index is 11.4. The van der Waals surface area contributed by atoms with Crippen LogP contribution in [0.25, 0.3) is 0 Å². The molecular formula is C11H16ClNO4S. The third-order valence-electron chi connectivity index (χ3n) is 2.35. The fourth-order valence-electron chi connectivity index (χ4n) is 1.33. The molecule has 0 bridgehead atoms. The van der Waals surface area contributed by atoms with Gasteiger partial charge in [-0.2, -0.15) is 0 Å². The van der Waals surface area contributed by atoms with Gasteiger partial charge in [0.2, 0.25) is 0 Å². The SMILES string of the molecule is COC(CNc1cc(S(C)(=O)=O)ccc1Cl)OC. The van der Waals surface area contributed by atoms with Crippen molar-refractivity contribution in [3.05, 3.63) is 23.2 Å². The molecule has 0 spiro atoms. The molecule has 0 radical (unpaired) electrons. The van der Waals surface area contributed by atoms with Gasteiger partial charge in [0.1, 0.15) is 0 Å². The van der Waals surface area contributed by atoms with E-state index in [-0.39, 0.29) is 4.90 Å². The van der Waals surface area contributed by atoms with Crippen molar-refractivity contribution >= 4 is 27.1 Å². The number of rotatable bonds is 6. The molecule has 0 aliphatic rings. The Bertz CT molecular complexity index is 500. The van der Waals surface area contributed by atoms with Crippen LogP contribution in [0.4, 0.5) is 5.69 Å². The van der Waals surface area contributed by atoms with Crippen LogP contribution in [0.5, 0.6) is 0 Å². The minimum Gasteiger partial charge on any atom is -0.379 e. The summed E-state index contributed by atoms with van der Waals surface area (Å²) in [5.41, 5.74) is 0.527. The summed E-state index contributed by atoms with van der Waals surface area (Å²) in [4.78, 5) is 0.209. The number of halogens is 1. The van der Waals surface area contributed by atoms with E-state index in [9.17, 15) is 8.42 Å². The first kappa shape index (κ1) is 15.2. The molecule has 1 aromatic rings. The van der Waals surface area contributed by atoms with Crippen molar-refractivity contribution in [1.82, 2.24) is 0 Å². The Morgan fingerprint density at radius 2 is 1.94 bits per heavy atom. The molecule has 7 heteroatoms. The van der Waals surface area contributed by atoms with Gasteiger partial charge >= 0.3 is 0 Å². The summed E-state index contributed by atoms with van der Waals surface area (Å²) in [6, 6.07) is 4.49. The second kappa shape index (κ2) is 6.38. The molecule has 1 N–H and O–H groups in total. The van der Waals surface area contributed by atoms with Crippen molar-refractivity contribution in [1.29, 1.82) is 0 Å². The second-order valence-electron chi connectivity index (χ2n) is 3.70. The van der Waals surface area contributed by atoms with E-state index in [0.717, 1.165) is 6.26 Å². The molecular weight excluding hydrogens is 278 g/mol. The highest BCUT2D eigenvalue weighted by atomic mass is 35.5. The predicted octanol–water partition coefficient (Wildman–Crippen LogP) is 1.77. The first-order valence-corrected chi connectivity index (χ1v) is 7.44. The molecule has 0 saturated heterocycles. The van der Waals surface area contributed by atoms with Crippen LogP contribution in [-0.2, 0) is 19.3 Å². The van der Waals surface area contributed by atoms with Crippen LogP contribution in [0.3, 0.4) is 0 Å². The quantitative estimate of drug-likeness (QED) is 0.810. The summed E-state index contributed by atoms with van der Waals surface area (Å²) in [6.45, 7) is 0.361. The molecule has 0 fully saturated rings. The van der Waals surface area contributed by atoms with Crippen molar-refractivity contribution in [2.45, 2.75) is 11.2 Å². The molecule has 0 unspecified atom stereocenters. The van der Waals surface area contributed by atoms with Gasteiger partial charge < -0.3 is 14.8 Å². The highest BCUT2D eigenvalue weighted by Gasteiger charge is 2.11. The summed E-state index contributed by atoms with van der Waals surface area (Å²) < 4.78 is 32.9. The number of ether oxygens (including phenoxy) is 2. The van der Waals surface area contributed by atoms with Crippen LogP contribution in [-0.4, -0.2) is 41.7 Å². The number of hydrogen-bond acceptors (Lipinski definition) is 5. The van der Waals surface area contributed by atoms with Gasteiger partial charge in [-0.3, -0.25) is 0 Å². The third kappa shape index (κ3) is 4.13. The Morgan fingerprint density at radius 1 is 1.33 bits per heavy atom. The fourth-order valence-corrected chi connectivity index (χ4v) is 2.16. The predicted molar refractivity (Wildman–Crippen MR) is 70.9 cm³/mol. The van der Waals surface area contributed by atoms with Crippen molar-refractivity contribution < 1.29 is 17.9 Å². The molecule has 0 heterocycles. The lowest BCUT2D eigenvalue weighted by molar-refractivity contribution is -0.0914. The number of nitrogens with one attached hydrogen (secondary N) is 1. The highest BCUT2D eigenvalue weighted by Crippen LogP contribution is 2.25. The smallest absolute Gasteiger partial charge is 0.175 e. The van der Waals surface area contributed by atoms with Crippen molar-refractivity contribution in [2.75, 3.05) is 32.3 Å². The van der Waals surface area contributed by atoms with Crippen LogP contribution in [0, 0.1) is 0 Å². The molecule has 0 saturated carbocycles. The van der Waals surface area contributed by atoms with Gasteiger partial charge in [0.05, 0.1) is 22.2 Å². The van der Waals surface area contributed by atoms with Gasteiger partial charge in [-0.05, 0) is 18.2 Å². The zero-order valence-corrected chi connectivity index (χ0v) is 12.0. The summed E-state index contributed by atoms with van der Waals surface area (Å²) in [6.07, 6.45) is 0.718. The molecule has 102 valence electrons. The molecule has 1 aromatic carbocycles. The average Bonchev–Trinajstić information content (AvgIpc) is 2.31. The zero-order chi connectivity index (χ0) is 13.8. The standard InChI is InChI=1S/C11H16ClNO4S/c1-16-11(17-2)7-13-10-6-8(18(3,14)15)4-5-9(10)12/h4-6,11,13H,7H2,1-3H3. The van der Waals surface area contributed by atoms with Crippen LogP contribution in [0.15, 0.2) is 23.1 Å². The van der Waals surface area contributed by atoms with Gasteiger partial charge in [0.15, 0.2) is 16.1 Å². The van der Waals surface area contributed by atoms with E-state index in [1.807, 2.05) is 0 Å². The van der Waals surface area contributed by atoms with Crippen molar-refractivity contribution in [3.63, 3.8) is 0 Å². The van der Waals surface area contributed by atoms with Gasteiger partial charge in [0, 0.05) is 20.5 Å². The first-order valence-electron chi connectivity index (χ1n) is 5.17. The largest absolute Gasteiger partial charge is 0.379 e. The normalized spacial score (nSPS) is 11.8. The molecule has 0 atom stereocenters. The molecule has 5 nitrogen and oxygen atoms in total. The average molecular weight is 294 g/mol. The zero-order valence-electron chi connectivity index (χ0n) is 10.4. The van der Waals surface area contributed by atoms with Gasteiger partial charge in [-0.15, -0.1) is 0 Å². The molecule has 0 amide bonds. The van der Waals surface area contributed by atoms with Crippen LogP contribution < -0.4 is 5.32 Å². The van der Waals surface area contributed by atoms with E-state index in [1.54, 1.807) is 0 Å². The van der Waals surface area contributed by atoms with Crippen LogP contribution in [0.2, 0.25) is 5.02 Å². The molecule has 0 aliphatic heterocycles. The summed E-state index contributed by atoms with van der Waals surface area (Å²) >= 11 is 5.98. The van der Waals surface area contributed by atoms with Gasteiger partial charge in [-0.25, -0.2) is 8.42 Å². The number of hydrogen-bond donors (Lipinski definition) is 1. The lowest BCUT2D eigenvalue weighted by Crippen LogP contribution is -2.23. The Balaban J connectivity index is 2.88. The molecule has 18 heavy (non-hydrogen) atoms.